The van der Waals surface area contributed by atoms with Gasteiger partial charge in [-0.15, -0.1) is 0 Å². The summed E-state index contributed by atoms with van der Waals surface area (Å²) in [5.41, 5.74) is 1.48. The predicted octanol–water partition coefficient (Wildman–Crippen LogP) is 2.76. The van der Waals surface area contributed by atoms with Crippen LogP contribution in [0, 0.1) is 11.8 Å². The molecule has 0 spiro atoms. The number of aliphatic imine (C=N–C) groups is 1. The topological polar surface area (TPSA) is 18.8 Å². The summed E-state index contributed by atoms with van der Waals surface area (Å²) in [6.45, 7) is 3.30. The molecule has 0 radical (unpaired) electrons. The summed E-state index contributed by atoms with van der Waals surface area (Å²) < 4.78 is 0. The van der Waals surface area contributed by atoms with Crippen molar-refractivity contribution in [3.05, 3.63) is 11.1 Å². The van der Waals surface area contributed by atoms with Crippen LogP contribution in [0.1, 0.15) is 32.1 Å². The van der Waals surface area contributed by atoms with Crippen molar-refractivity contribution in [3.63, 3.8) is 0 Å². The zero-order valence-corrected chi connectivity index (χ0v) is 12.5. The van der Waals surface area contributed by atoms with Crippen LogP contribution in [-0.2, 0) is 0 Å². The maximum Gasteiger partial charge on any atom is 0.167 e. The lowest BCUT2D eigenvalue weighted by atomic mass is 10.1. The molecule has 2 aliphatic heterocycles. The van der Waals surface area contributed by atoms with E-state index in [4.69, 9.17) is 0 Å². The van der Waals surface area contributed by atoms with Crippen molar-refractivity contribution < 1.29 is 0 Å². The maximum atomic E-state index is 4.62. The molecule has 0 aromatic rings. The van der Waals surface area contributed by atoms with Crippen molar-refractivity contribution >= 4 is 16.9 Å². The number of hydrogen-bond donors (Lipinski definition) is 0. The first kappa shape index (κ1) is 12.3. The van der Waals surface area contributed by atoms with E-state index < -0.39 is 0 Å². The van der Waals surface area contributed by atoms with E-state index in [1.807, 2.05) is 11.8 Å². The minimum atomic E-state index is 0.858. The van der Waals surface area contributed by atoms with E-state index in [1.54, 1.807) is 0 Å². The van der Waals surface area contributed by atoms with Crippen molar-refractivity contribution in [2.24, 2.45) is 16.8 Å². The van der Waals surface area contributed by atoms with Gasteiger partial charge in [-0.3, -0.25) is 9.89 Å². The van der Waals surface area contributed by atoms with Crippen molar-refractivity contribution in [3.8, 4) is 0 Å². The zero-order chi connectivity index (χ0) is 12.8. The molecular formula is C15H23N3S. The molecule has 0 saturated heterocycles. The molecule has 0 atom stereocenters. The molecule has 4 aliphatic rings. The number of rotatable bonds is 5. The number of fused-ring (bicyclic) bond motifs is 1. The average Bonchev–Trinajstić information content (AvgIpc) is 3.33. The van der Waals surface area contributed by atoms with Gasteiger partial charge >= 0.3 is 0 Å². The van der Waals surface area contributed by atoms with E-state index in [2.05, 4.69) is 27.2 Å². The zero-order valence-electron chi connectivity index (χ0n) is 11.7. The summed E-state index contributed by atoms with van der Waals surface area (Å²) in [6, 6.07) is 0.858. The van der Waals surface area contributed by atoms with Gasteiger partial charge in [0.25, 0.3) is 0 Å². The van der Waals surface area contributed by atoms with Crippen LogP contribution in [0.3, 0.4) is 0 Å². The van der Waals surface area contributed by atoms with Gasteiger partial charge in [0, 0.05) is 31.4 Å². The lowest BCUT2D eigenvalue weighted by molar-refractivity contribution is 0.199. The summed E-state index contributed by atoms with van der Waals surface area (Å²) in [5.74, 6) is 2.00. The van der Waals surface area contributed by atoms with Gasteiger partial charge in [0.05, 0.1) is 0 Å². The molecule has 0 aromatic carbocycles. The first-order chi connectivity index (χ1) is 9.33. The van der Waals surface area contributed by atoms with Crippen LogP contribution < -0.4 is 0 Å². The third kappa shape index (κ3) is 2.45. The Kier molecular flexibility index (Phi) is 3.11. The second kappa shape index (κ2) is 4.81. The van der Waals surface area contributed by atoms with Crippen LogP contribution in [-0.4, -0.2) is 47.7 Å². The van der Waals surface area contributed by atoms with E-state index in [-0.39, 0.29) is 0 Å². The van der Waals surface area contributed by atoms with Crippen molar-refractivity contribution in [2.45, 2.75) is 38.1 Å². The Balaban J connectivity index is 1.43. The molecule has 19 heavy (non-hydrogen) atoms. The molecule has 2 heterocycles. The minimum absolute atomic E-state index is 0.858. The summed E-state index contributed by atoms with van der Waals surface area (Å²) in [5, 5.41) is 3.57. The first-order valence-electron chi connectivity index (χ1n) is 7.71. The van der Waals surface area contributed by atoms with Crippen LogP contribution in [0.4, 0.5) is 0 Å². The molecule has 0 bridgehead atoms. The summed E-state index contributed by atoms with van der Waals surface area (Å²) in [4.78, 5) is 9.71. The number of nitrogens with zero attached hydrogens (tertiary/aromatic N) is 3. The second-order valence-electron chi connectivity index (χ2n) is 6.48. The minimum Gasteiger partial charge on any atom is -0.323 e. The molecule has 2 aliphatic carbocycles. The average molecular weight is 277 g/mol. The molecule has 0 aromatic heterocycles. The molecule has 104 valence electrons. The summed E-state index contributed by atoms with van der Waals surface area (Å²) >= 11 is 1.82. The van der Waals surface area contributed by atoms with Gasteiger partial charge in [0.1, 0.15) is 0 Å². The Morgan fingerprint density at radius 2 is 2.11 bits per heavy atom. The number of likely N-dealkylation sites (N-methyl/N-ethyl adjacent to an activating group) is 1. The van der Waals surface area contributed by atoms with Crippen molar-refractivity contribution in [1.29, 1.82) is 0 Å². The van der Waals surface area contributed by atoms with Crippen LogP contribution in [0.5, 0.6) is 0 Å². The molecule has 3 nitrogen and oxygen atoms in total. The van der Waals surface area contributed by atoms with Gasteiger partial charge in [-0.25, -0.2) is 0 Å². The standard InChI is InChI=1S/C15H23N3S/c1-17(14(11-3-4-11)12-5-6-12)9-13-10-19-15-16-7-2-8-18(13)15/h10-12,14H,2-9H2,1H3. The van der Waals surface area contributed by atoms with Gasteiger partial charge in [0.2, 0.25) is 0 Å². The SMILES string of the molecule is CN(CC1=CSC2=NCCCN12)C(C1CC1)C1CC1. The first-order valence-corrected chi connectivity index (χ1v) is 8.59. The fraction of sp³-hybridized carbons (Fsp3) is 0.800. The highest BCUT2D eigenvalue weighted by Crippen LogP contribution is 2.47. The van der Waals surface area contributed by atoms with Crippen molar-refractivity contribution in [2.75, 3.05) is 26.7 Å². The Morgan fingerprint density at radius 3 is 2.79 bits per heavy atom. The molecule has 4 rings (SSSR count). The van der Waals surface area contributed by atoms with E-state index in [9.17, 15) is 0 Å². The maximum absolute atomic E-state index is 4.62. The Bertz CT molecular complexity index is 411. The van der Waals surface area contributed by atoms with E-state index in [0.717, 1.165) is 31.0 Å². The molecule has 0 unspecified atom stereocenters. The van der Waals surface area contributed by atoms with Crippen LogP contribution in [0.15, 0.2) is 16.1 Å². The molecule has 0 amide bonds. The van der Waals surface area contributed by atoms with E-state index in [1.165, 1.54) is 49.5 Å². The molecule has 2 saturated carbocycles. The third-order valence-corrected chi connectivity index (χ3v) is 5.75. The monoisotopic (exact) mass is 277 g/mol. The Labute approximate surface area is 120 Å². The van der Waals surface area contributed by atoms with Crippen LogP contribution in [0.25, 0.3) is 0 Å². The normalized spacial score (nSPS) is 26.8. The molecular weight excluding hydrogens is 254 g/mol. The lowest BCUT2D eigenvalue weighted by Crippen LogP contribution is -2.40. The smallest absolute Gasteiger partial charge is 0.167 e. The van der Waals surface area contributed by atoms with E-state index >= 15 is 0 Å². The van der Waals surface area contributed by atoms with Gasteiger partial charge in [-0.2, -0.15) is 0 Å². The van der Waals surface area contributed by atoms with Crippen LogP contribution >= 0.6 is 11.8 Å². The fourth-order valence-electron chi connectivity index (χ4n) is 3.60. The summed E-state index contributed by atoms with van der Waals surface area (Å²) in [7, 11) is 2.34. The third-order valence-electron chi connectivity index (χ3n) is 4.80. The fourth-order valence-corrected chi connectivity index (χ4v) is 4.54. The quantitative estimate of drug-likeness (QED) is 0.770. The Morgan fingerprint density at radius 1 is 1.37 bits per heavy atom. The summed E-state index contributed by atoms with van der Waals surface area (Å²) in [6.07, 6.45) is 7.08. The lowest BCUT2D eigenvalue weighted by Gasteiger charge is -2.32. The highest BCUT2D eigenvalue weighted by atomic mass is 32.2. The van der Waals surface area contributed by atoms with Crippen LogP contribution in [0.2, 0.25) is 0 Å². The number of amidine groups is 1. The highest BCUT2D eigenvalue weighted by Gasteiger charge is 2.44. The Hall–Kier alpha value is -0.480. The van der Waals surface area contributed by atoms with Gasteiger partial charge < -0.3 is 4.90 Å². The van der Waals surface area contributed by atoms with E-state index in [0.29, 0.717) is 0 Å². The van der Waals surface area contributed by atoms with Gasteiger partial charge in [-0.1, -0.05) is 11.8 Å². The largest absolute Gasteiger partial charge is 0.323 e. The predicted molar refractivity (Wildman–Crippen MR) is 81.2 cm³/mol. The van der Waals surface area contributed by atoms with Crippen molar-refractivity contribution in [1.82, 2.24) is 9.80 Å². The molecule has 2 fully saturated rings. The van der Waals surface area contributed by atoms with Gasteiger partial charge in [-0.05, 0) is 56.4 Å². The second-order valence-corrected chi connectivity index (χ2v) is 7.31. The molecule has 0 N–H and O–H groups in total. The highest BCUT2D eigenvalue weighted by molar-refractivity contribution is 8.16. The van der Waals surface area contributed by atoms with Gasteiger partial charge in [0.15, 0.2) is 5.17 Å². The number of thioether (sulfide) groups is 1. The molecule has 4 heteroatoms. The number of hydrogen-bond acceptors (Lipinski definition) is 4.